The van der Waals surface area contributed by atoms with Crippen LogP contribution in [0.15, 0.2) is 59.6 Å². The van der Waals surface area contributed by atoms with E-state index in [9.17, 15) is 0 Å². The summed E-state index contributed by atoms with van der Waals surface area (Å²) in [6.07, 6.45) is 0. The van der Waals surface area contributed by atoms with E-state index < -0.39 is 0 Å². The van der Waals surface area contributed by atoms with Gasteiger partial charge in [-0.1, -0.05) is 59.8 Å². The summed E-state index contributed by atoms with van der Waals surface area (Å²) in [7, 11) is 0. The summed E-state index contributed by atoms with van der Waals surface area (Å²) in [4.78, 5) is 3.41. The molecule has 3 rings (SSSR count). The maximum Gasteiger partial charge on any atom is 0.0738 e. The van der Waals surface area contributed by atoms with Gasteiger partial charge in [0.25, 0.3) is 0 Å². The van der Waals surface area contributed by atoms with E-state index in [4.69, 9.17) is 17.3 Å². The molecule has 0 aliphatic rings. The predicted molar refractivity (Wildman–Crippen MR) is 87.4 cm³/mol. The molecule has 0 bridgehead atoms. The van der Waals surface area contributed by atoms with Gasteiger partial charge in [0.15, 0.2) is 0 Å². The third-order valence-corrected chi connectivity index (χ3v) is 4.79. The second kappa shape index (κ2) is 5.92. The van der Waals surface area contributed by atoms with Crippen LogP contribution in [0.25, 0.3) is 10.9 Å². The number of thioether (sulfide) groups is 1. The fraction of sp³-hybridized carbons (Fsp3) is 0.125. The highest BCUT2D eigenvalue weighted by Gasteiger charge is 2.15. The van der Waals surface area contributed by atoms with Crippen molar-refractivity contribution in [1.82, 2.24) is 4.98 Å². The molecule has 102 valence electrons. The maximum absolute atomic E-state index is 6.26. The molecule has 2 aromatic carbocycles. The van der Waals surface area contributed by atoms with Gasteiger partial charge in [-0.25, -0.2) is 0 Å². The van der Waals surface area contributed by atoms with Crippen molar-refractivity contribution in [1.29, 1.82) is 0 Å². The van der Waals surface area contributed by atoms with Crippen LogP contribution in [0.2, 0.25) is 5.02 Å². The van der Waals surface area contributed by atoms with Crippen LogP contribution in [-0.4, -0.2) is 11.5 Å². The zero-order chi connectivity index (χ0) is 13.9. The van der Waals surface area contributed by atoms with Crippen molar-refractivity contribution < 1.29 is 0 Å². The van der Waals surface area contributed by atoms with Gasteiger partial charge in [-0.2, -0.15) is 0 Å². The molecule has 0 fully saturated rings. The topological polar surface area (TPSA) is 41.8 Å². The van der Waals surface area contributed by atoms with E-state index in [0.717, 1.165) is 21.1 Å². The molecule has 0 aliphatic carbocycles. The summed E-state index contributed by atoms with van der Waals surface area (Å²) in [5.41, 5.74) is 8.15. The van der Waals surface area contributed by atoms with Crippen molar-refractivity contribution in [2.75, 3.05) is 6.54 Å². The van der Waals surface area contributed by atoms with Crippen molar-refractivity contribution in [3.8, 4) is 0 Å². The maximum atomic E-state index is 6.26. The van der Waals surface area contributed by atoms with Crippen LogP contribution in [0.5, 0.6) is 0 Å². The molecule has 0 saturated carbocycles. The third-order valence-electron chi connectivity index (χ3n) is 3.24. The largest absolute Gasteiger partial charge is 0.350 e. The van der Waals surface area contributed by atoms with E-state index >= 15 is 0 Å². The number of para-hydroxylation sites is 1. The van der Waals surface area contributed by atoms with Gasteiger partial charge in [-0.3, -0.25) is 0 Å². The Morgan fingerprint density at radius 1 is 1.10 bits per heavy atom. The Balaban J connectivity index is 1.90. The first-order valence-electron chi connectivity index (χ1n) is 6.47. The molecule has 0 amide bonds. The van der Waals surface area contributed by atoms with Crippen LogP contribution in [0.3, 0.4) is 0 Å². The lowest BCUT2D eigenvalue weighted by Crippen LogP contribution is -2.09. The Morgan fingerprint density at radius 2 is 1.85 bits per heavy atom. The number of halogens is 1. The zero-order valence-corrected chi connectivity index (χ0v) is 12.4. The summed E-state index contributed by atoms with van der Waals surface area (Å²) in [5, 5.41) is 3.25. The van der Waals surface area contributed by atoms with Crippen LogP contribution in [0, 0.1) is 0 Å². The van der Waals surface area contributed by atoms with Crippen molar-refractivity contribution in [3.05, 3.63) is 65.2 Å². The third kappa shape index (κ3) is 2.70. The average Bonchev–Trinajstić information content (AvgIpc) is 2.88. The molecule has 3 N–H and O–H groups in total. The number of aromatic nitrogens is 1. The smallest absolute Gasteiger partial charge is 0.0738 e. The zero-order valence-electron chi connectivity index (χ0n) is 10.8. The second-order valence-corrected chi connectivity index (χ2v) is 6.24. The normalized spacial score (nSPS) is 12.7. The first-order valence-corrected chi connectivity index (χ1v) is 7.72. The van der Waals surface area contributed by atoms with E-state index in [1.54, 1.807) is 11.8 Å². The SMILES string of the molecule is NCC(Sc1cc2ccccc2[nH]1)c1ccccc1Cl. The van der Waals surface area contributed by atoms with E-state index in [1.807, 2.05) is 36.4 Å². The Morgan fingerprint density at radius 3 is 2.60 bits per heavy atom. The molecule has 20 heavy (non-hydrogen) atoms. The number of rotatable bonds is 4. The number of hydrogen-bond acceptors (Lipinski definition) is 2. The summed E-state index contributed by atoms with van der Waals surface area (Å²) in [5.74, 6) is 0. The average molecular weight is 303 g/mol. The molecule has 1 atom stereocenters. The van der Waals surface area contributed by atoms with Crippen LogP contribution in [0.4, 0.5) is 0 Å². The van der Waals surface area contributed by atoms with Gasteiger partial charge >= 0.3 is 0 Å². The number of aromatic amines is 1. The summed E-state index contributed by atoms with van der Waals surface area (Å²) < 4.78 is 0. The number of H-pyrrole nitrogens is 1. The van der Waals surface area contributed by atoms with Crippen LogP contribution < -0.4 is 5.73 Å². The number of nitrogens with two attached hydrogens (primary N) is 1. The van der Waals surface area contributed by atoms with Gasteiger partial charge in [0, 0.05) is 27.7 Å². The molecule has 1 aromatic heterocycles. The van der Waals surface area contributed by atoms with Crippen molar-refractivity contribution in [3.63, 3.8) is 0 Å². The Bertz CT molecular complexity index is 690. The monoisotopic (exact) mass is 302 g/mol. The van der Waals surface area contributed by atoms with Gasteiger partial charge in [-0.15, -0.1) is 0 Å². The van der Waals surface area contributed by atoms with E-state index in [2.05, 4.69) is 23.2 Å². The van der Waals surface area contributed by atoms with Gasteiger partial charge < -0.3 is 10.7 Å². The minimum Gasteiger partial charge on any atom is -0.350 e. The molecule has 0 saturated heterocycles. The number of nitrogens with one attached hydrogen (secondary N) is 1. The summed E-state index contributed by atoms with van der Waals surface area (Å²) in [6.45, 7) is 0.545. The van der Waals surface area contributed by atoms with Crippen LogP contribution in [-0.2, 0) is 0 Å². The number of hydrogen-bond donors (Lipinski definition) is 2. The standard InChI is InChI=1S/C16H15ClN2S/c17-13-7-3-2-6-12(13)15(10-18)20-16-9-11-5-1-4-8-14(11)19-16/h1-9,15,19H,10,18H2. The molecule has 1 heterocycles. The Kier molecular flexibility index (Phi) is 4.01. The van der Waals surface area contributed by atoms with E-state index in [-0.39, 0.29) is 5.25 Å². The number of fused-ring (bicyclic) bond motifs is 1. The quantitative estimate of drug-likeness (QED) is 0.691. The molecule has 0 spiro atoms. The van der Waals surface area contributed by atoms with Gasteiger partial charge in [0.2, 0.25) is 0 Å². The fourth-order valence-corrected chi connectivity index (χ4v) is 3.67. The summed E-state index contributed by atoms with van der Waals surface area (Å²) >= 11 is 7.98. The Labute approximate surface area is 127 Å². The first-order chi connectivity index (χ1) is 9.78. The minimum absolute atomic E-state index is 0.150. The lowest BCUT2D eigenvalue weighted by atomic mass is 10.1. The predicted octanol–water partition coefficient (Wildman–Crippen LogP) is 4.61. The Hall–Kier alpha value is -1.42. The molecular formula is C16H15ClN2S. The molecule has 0 aliphatic heterocycles. The second-order valence-electron chi connectivity index (χ2n) is 4.58. The molecular weight excluding hydrogens is 288 g/mol. The summed E-state index contributed by atoms with van der Waals surface area (Å²) in [6, 6.07) is 18.3. The lowest BCUT2D eigenvalue weighted by Gasteiger charge is -2.15. The molecule has 0 radical (unpaired) electrons. The molecule has 2 nitrogen and oxygen atoms in total. The molecule has 1 unspecified atom stereocenters. The van der Waals surface area contributed by atoms with Crippen LogP contribution >= 0.6 is 23.4 Å². The highest BCUT2D eigenvalue weighted by molar-refractivity contribution is 7.99. The molecule has 4 heteroatoms. The van der Waals surface area contributed by atoms with Crippen molar-refractivity contribution >= 4 is 34.3 Å². The number of benzene rings is 2. The van der Waals surface area contributed by atoms with Gasteiger partial charge in [0.1, 0.15) is 0 Å². The fourth-order valence-electron chi connectivity index (χ4n) is 2.24. The van der Waals surface area contributed by atoms with E-state index in [0.29, 0.717) is 6.54 Å². The van der Waals surface area contributed by atoms with Gasteiger partial charge in [-0.05, 0) is 23.8 Å². The lowest BCUT2D eigenvalue weighted by molar-refractivity contribution is 0.938. The minimum atomic E-state index is 0.150. The van der Waals surface area contributed by atoms with Crippen LogP contribution in [0.1, 0.15) is 10.8 Å². The van der Waals surface area contributed by atoms with Crippen molar-refractivity contribution in [2.24, 2.45) is 5.73 Å². The van der Waals surface area contributed by atoms with E-state index in [1.165, 1.54) is 5.39 Å². The highest BCUT2D eigenvalue weighted by Crippen LogP contribution is 2.38. The van der Waals surface area contributed by atoms with Crippen molar-refractivity contribution in [2.45, 2.75) is 10.3 Å². The highest BCUT2D eigenvalue weighted by atomic mass is 35.5. The van der Waals surface area contributed by atoms with Gasteiger partial charge in [0.05, 0.1) is 5.03 Å². The first kappa shape index (κ1) is 13.6. The molecule has 3 aromatic rings.